The summed E-state index contributed by atoms with van der Waals surface area (Å²) in [6.45, 7) is 7.96. The maximum absolute atomic E-state index is 14.6. The van der Waals surface area contributed by atoms with Crippen molar-refractivity contribution in [2.75, 3.05) is 17.4 Å². The number of rotatable bonds is 14. The van der Waals surface area contributed by atoms with E-state index in [1.165, 1.54) is 16.4 Å². The summed E-state index contributed by atoms with van der Waals surface area (Å²) in [6, 6.07) is 30.1. The summed E-state index contributed by atoms with van der Waals surface area (Å²) in [6.07, 6.45) is 2.01. The highest BCUT2D eigenvalue weighted by atomic mass is 32.2. The van der Waals surface area contributed by atoms with Crippen LogP contribution in [0.2, 0.25) is 0 Å². The molecule has 0 aromatic heterocycles. The first kappa shape index (κ1) is 33.5. The number of unbranched alkanes of at least 4 members (excludes halogenated alkanes) is 1. The normalized spacial score (nSPS) is 11.9. The van der Waals surface area contributed by atoms with Gasteiger partial charge in [-0.3, -0.25) is 13.9 Å². The Kier molecular flexibility index (Phi) is 11.5. The van der Waals surface area contributed by atoms with Gasteiger partial charge >= 0.3 is 0 Å². The van der Waals surface area contributed by atoms with Gasteiger partial charge in [0.1, 0.15) is 12.6 Å². The molecule has 236 valence electrons. The number of nitrogens with zero attached hydrogens (tertiary/aromatic N) is 2. The van der Waals surface area contributed by atoms with Crippen LogP contribution in [-0.4, -0.2) is 44.3 Å². The molecule has 1 atom stereocenters. The third-order valence-electron chi connectivity index (χ3n) is 7.93. The minimum atomic E-state index is -4.14. The van der Waals surface area contributed by atoms with E-state index in [0.717, 1.165) is 40.7 Å². The van der Waals surface area contributed by atoms with E-state index in [1.54, 1.807) is 29.2 Å². The Morgan fingerprint density at radius 3 is 2.09 bits per heavy atom. The average molecular weight is 626 g/mol. The predicted octanol–water partition coefficient (Wildman–Crippen LogP) is 6.36. The van der Waals surface area contributed by atoms with E-state index >= 15 is 0 Å². The molecule has 0 radical (unpaired) electrons. The van der Waals surface area contributed by atoms with Gasteiger partial charge in [0, 0.05) is 19.5 Å². The van der Waals surface area contributed by atoms with Crippen LogP contribution in [0.1, 0.15) is 47.6 Å². The number of benzene rings is 4. The highest BCUT2D eigenvalue weighted by Crippen LogP contribution is 2.28. The van der Waals surface area contributed by atoms with Gasteiger partial charge in [0.2, 0.25) is 11.8 Å². The zero-order valence-electron chi connectivity index (χ0n) is 26.6. The monoisotopic (exact) mass is 625 g/mol. The number of anilines is 1. The van der Waals surface area contributed by atoms with Crippen LogP contribution in [0.25, 0.3) is 0 Å². The number of sulfonamides is 1. The van der Waals surface area contributed by atoms with Gasteiger partial charge in [-0.1, -0.05) is 104 Å². The van der Waals surface area contributed by atoms with E-state index in [2.05, 4.69) is 12.2 Å². The second-order valence-corrected chi connectivity index (χ2v) is 13.3. The molecule has 0 spiro atoms. The van der Waals surface area contributed by atoms with E-state index in [9.17, 15) is 18.0 Å². The van der Waals surface area contributed by atoms with Crippen LogP contribution in [0.5, 0.6) is 0 Å². The van der Waals surface area contributed by atoms with Crippen molar-refractivity contribution in [2.24, 2.45) is 0 Å². The second-order valence-electron chi connectivity index (χ2n) is 11.4. The summed E-state index contributed by atoms with van der Waals surface area (Å²) in [5.74, 6) is -0.734. The van der Waals surface area contributed by atoms with Crippen molar-refractivity contribution in [3.05, 3.63) is 131 Å². The van der Waals surface area contributed by atoms with Gasteiger partial charge in [0.25, 0.3) is 10.0 Å². The van der Waals surface area contributed by atoms with Crippen molar-refractivity contribution in [1.82, 2.24) is 10.2 Å². The first-order valence-electron chi connectivity index (χ1n) is 15.4. The van der Waals surface area contributed by atoms with E-state index in [1.807, 2.05) is 87.5 Å². The van der Waals surface area contributed by atoms with E-state index < -0.39 is 28.5 Å². The van der Waals surface area contributed by atoms with Crippen LogP contribution < -0.4 is 9.62 Å². The maximum atomic E-state index is 14.6. The third-order valence-corrected chi connectivity index (χ3v) is 9.71. The summed E-state index contributed by atoms with van der Waals surface area (Å²) < 4.78 is 29.6. The Hall–Kier alpha value is -4.43. The zero-order chi connectivity index (χ0) is 32.4. The fourth-order valence-corrected chi connectivity index (χ4v) is 6.85. The van der Waals surface area contributed by atoms with Crippen molar-refractivity contribution in [3.8, 4) is 0 Å². The molecule has 4 aromatic carbocycles. The summed E-state index contributed by atoms with van der Waals surface area (Å²) in [5.41, 5.74) is 4.88. The average Bonchev–Trinajstić information content (AvgIpc) is 3.03. The molecule has 2 amide bonds. The summed E-state index contributed by atoms with van der Waals surface area (Å²) in [7, 11) is -4.14. The molecule has 7 nitrogen and oxygen atoms in total. The van der Waals surface area contributed by atoms with Crippen LogP contribution in [-0.2, 0) is 32.6 Å². The molecular formula is C37H43N3O4S. The Morgan fingerprint density at radius 1 is 0.800 bits per heavy atom. The Labute approximate surface area is 268 Å². The van der Waals surface area contributed by atoms with E-state index in [4.69, 9.17) is 0 Å². The molecule has 4 rings (SSSR count). The Balaban J connectivity index is 1.81. The number of amides is 2. The smallest absolute Gasteiger partial charge is 0.264 e. The van der Waals surface area contributed by atoms with Gasteiger partial charge in [-0.2, -0.15) is 0 Å². The largest absolute Gasteiger partial charge is 0.354 e. The molecule has 0 aliphatic carbocycles. The lowest BCUT2D eigenvalue weighted by Gasteiger charge is -2.34. The molecule has 0 saturated heterocycles. The molecule has 0 saturated carbocycles. The van der Waals surface area contributed by atoms with Crippen molar-refractivity contribution >= 4 is 27.5 Å². The lowest BCUT2D eigenvalue weighted by atomic mass is 10.0. The number of aryl methyl sites for hydroxylation is 3. The second kappa shape index (κ2) is 15.5. The first-order valence-corrected chi connectivity index (χ1v) is 16.9. The predicted molar refractivity (Wildman–Crippen MR) is 180 cm³/mol. The lowest BCUT2D eigenvalue weighted by Crippen LogP contribution is -2.53. The van der Waals surface area contributed by atoms with Crippen molar-refractivity contribution in [2.45, 2.75) is 64.4 Å². The molecule has 45 heavy (non-hydrogen) atoms. The molecule has 0 heterocycles. The van der Waals surface area contributed by atoms with E-state index in [0.29, 0.717) is 12.2 Å². The van der Waals surface area contributed by atoms with Gasteiger partial charge in [0.05, 0.1) is 10.6 Å². The standard InChI is InChI=1S/C37H43N3O4S/c1-5-6-23-38-37(42)35(25-31-16-9-7-10-17-31)39(26-32-18-14-13-15-29(32)3)36(41)27-40(34-22-21-28(2)24-30(34)4)45(43,44)33-19-11-8-12-20-33/h7-22,24,35H,5-6,23,25-27H2,1-4H3,(H,38,42)/t35-/m1/s1. The topological polar surface area (TPSA) is 86.8 Å². The minimum absolute atomic E-state index is 0.0846. The molecule has 8 heteroatoms. The first-order chi connectivity index (χ1) is 21.6. The van der Waals surface area contributed by atoms with Crippen LogP contribution in [0.3, 0.4) is 0 Å². The number of carbonyl (C=O) groups is 2. The van der Waals surface area contributed by atoms with Crippen molar-refractivity contribution in [3.63, 3.8) is 0 Å². The van der Waals surface area contributed by atoms with Crippen LogP contribution in [0.15, 0.2) is 108 Å². The third kappa shape index (κ3) is 8.60. The fourth-order valence-electron chi connectivity index (χ4n) is 5.35. The molecule has 1 N–H and O–H groups in total. The van der Waals surface area contributed by atoms with Crippen molar-refractivity contribution in [1.29, 1.82) is 0 Å². The summed E-state index contributed by atoms with van der Waals surface area (Å²) in [5, 5.41) is 3.03. The van der Waals surface area contributed by atoms with Crippen LogP contribution in [0, 0.1) is 20.8 Å². The molecule has 0 fully saturated rings. The number of hydrogen-bond acceptors (Lipinski definition) is 4. The number of hydrogen-bond donors (Lipinski definition) is 1. The van der Waals surface area contributed by atoms with Gasteiger partial charge in [-0.05, 0) is 67.6 Å². The highest BCUT2D eigenvalue weighted by molar-refractivity contribution is 7.92. The van der Waals surface area contributed by atoms with E-state index in [-0.39, 0.29) is 23.8 Å². The van der Waals surface area contributed by atoms with Gasteiger partial charge in [0.15, 0.2) is 0 Å². The van der Waals surface area contributed by atoms with Gasteiger partial charge in [-0.25, -0.2) is 8.42 Å². The molecule has 0 unspecified atom stereocenters. The molecule has 0 aliphatic rings. The van der Waals surface area contributed by atoms with Gasteiger partial charge in [-0.15, -0.1) is 0 Å². The van der Waals surface area contributed by atoms with Gasteiger partial charge < -0.3 is 10.2 Å². The van der Waals surface area contributed by atoms with Crippen LogP contribution in [0.4, 0.5) is 5.69 Å². The van der Waals surface area contributed by atoms with Crippen molar-refractivity contribution < 1.29 is 18.0 Å². The molecule has 0 aliphatic heterocycles. The summed E-state index contributed by atoms with van der Waals surface area (Å²) in [4.78, 5) is 30.1. The fraction of sp³-hybridized carbons (Fsp3) is 0.297. The zero-order valence-corrected chi connectivity index (χ0v) is 27.4. The Bertz CT molecular complexity index is 1690. The number of carbonyl (C=O) groups excluding carboxylic acids is 2. The molecular weight excluding hydrogens is 582 g/mol. The SMILES string of the molecule is CCCCNC(=O)[C@@H](Cc1ccccc1)N(Cc1ccccc1C)C(=O)CN(c1ccc(C)cc1C)S(=O)(=O)c1ccccc1. The quantitative estimate of drug-likeness (QED) is 0.165. The Morgan fingerprint density at radius 2 is 1.44 bits per heavy atom. The maximum Gasteiger partial charge on any atom is 0.264 e. The van der Waals surface area contributed by atoms with Crippen LogP contribution >= 0.6 is 0 Å². The lowest BCUT2D eigenvalue weighted by molar-refractivity contribution is -0.140. The summed E-state index contributed by atoms with van der Waals surface area (Å²) >= 11 is 0. The highest BCUT2D eigenvalue weighted by Gasteiger charge is 2.35. The molecule has 0 bridgehead atoms. The minimum Gasteiger partial charge on any atom is -0.354 e. The number of nitrogens with one attached hydrogen (secondary N) is 1. The molecule has 4 aromatic rings.